The number of ether oxygens (including phenoxy) is 2. The number of nitrogens with zero attached hydrogens (tertiary/aromatic N) is 4. The lowest BCUT2D eigenvalue weighted by Crippen LogP contribution is -2.61. The Morgan fingerprint density at radius 2 is 1.90 bits per heavy atom. The molecule has 17 heteroatoms. The Kier molecular flexibility index (Phi) is 5.68. The minimum Gasteiger partial charge on any atom is -0.478 e. The van der Waals surface area contributed by atoms with Crippen LogP contribution in [0.5, 0.6) is 0 Å². The lowest BCUT2D eigenvalue weighted by atomic mass is 10.0. The first-order valence-corrected chi connectivity index (χ1v) is 8.49. The fourth-order valence-corrected chi connectivity index (χ4v) is 3.08. The molecule has 3 rings (SSSR count). The second kappa shape index (κ2) is 7.70. The lowest BCUT2D eigenvalue weighted by Gasteiger charge is -2.28. The summed E-state index contributed by atoms with van der Waals surface area (Å²) in [4.78, 5) is 33.4. The number of aliphatic hydroxyl groups is 1. The number of nitrogens with two attached hydrogens (primary N) is 1. The summed E-state index contributed by atoms with van der Waals surface area (Å²) in [6, 6.07) is 0. The molecule has 0 bridgehead atoms. The van der Waals surface area contributed by atoms with E-state index in [4.69, 9.17) is 32.3 Å². The highest BCUT2D eigenvalue weighted by Crippen LogP contribution is 2.38. The van der Waals surface area contributed by atoms with Crippen LogP contribution in [-0.4, -0.2) is 83.5 Å². The van der Waals surface area contributed by atoms with Crippen LogP contribution in [0.25, 0.3) is 11.2 Å². The number of aliphatic hydroxyl groups excluding tert-OH is 1. The van der Waals surface area contributed by atoms with Gasteiger partial charge in [0.05, 0.1) is 12.9 Å². The Bertz CT molecular complexity index is 1020. The molecule has 0 spiro atoms. The first kappa shape index (κ1) is 22.9. The molecule has 12 nitrogen and oxygen atoms in total. The van der Waals surface area contributed by atoms with Gasteiger partial charge in [0.15, 0.2) is 23.9 Å². The summed E-state index contributed by atoms with van der Waals surface area (Å²) < 4.78 is 64.4. The summed E-state index contributed by atoms with van der Waals surface area (Å²) in [5, 5.41) is 27.4. The van der Waals surface area contributed by atoms with Gasteiger partial charge >= 0.3 is 23.7 Å². The average Bonchev–Trinajstić information content (AvgIpc) is 3.16. The van der Waals surface area contributed by atoms with Crippen LogP contribution in [0.4, 0.5) is 23.4 Å². The molecule has 4 atom stereocenters. The monoisotopic (exact) mass is 473 g/mol. The molecule has 0 unspecified atom stereocenters. The number of hydrogen-bond donors (Lipinski definition) is 4. The van der Waals surface area contributed by atoms with Crippen molar-refractivity contribution >= 4 is 40.5 Å². The predicted molar refractivity (Wildman–Crippen MR) is 89.6 cm³/mol. The molecule has 2 aromatic heterocycles. The normalized spacial score (nSPS) is 24.6. The third kappa shape index (κ3) is 3.60. The Morgan fingerprint density at radius 3 is 2.45 bits per heavy atom. The number of hydrogen-bond acceptors (Lipinski definition) is 9. The number of carboxylic acids is 2. The third-order valence-corrected chi connectivity index (χ3v) is 4.62. The van der Waals surface area contributed by atoms with Crippen LogP contribution in [0.2, 0.25) is 5.28 Å². The Hall–Kier alpha value is -2.82. The number of rotatable bonds is 6. The van der Waals surface area contributed by atoms with Gasteiger partial charge in [0.25, 0.3) is 0 Å². The van der Waals surface area contributed by atoms with Gasteiger partial charge in [-0.1, -0.05) is 0 Å². The number of imidazole rings is 1. The average molecular weight is 474 g/mol. The number of fused-ring (bicyclic) bond motifs is 1. The molecule has 1 saturated heterocycles. The molecule has 0 aliphatic carbocycles. The van der Waals surface area contributed by atoms with E-state index in [1.54, 1.807) is 0 Å². The molecule has 0 aromatic carbocycles. The van der Waals surface area contributed by atoms with Gasteiger partial charge in [0.1, 0.15) is 17.7 Å². The topological polar surface area (TPSA) is 183 Å². The number of anilines is 1. The van der Waals surface area contributed by atoms with E-state index in [-0.39, 0.29) is 22.3 Å². The van der Waals surface area contributed by atoms with Gasteiger partial charge in [0, 0.05) is 0 Å². The van der Waals surface area contributed by atoms with Crippen molar-refractivity contribution in [2.24, 2.45) is 0 Å². The van der Waals surface area contributed by atoms with E-state index >= 15 is 0 Å². The maximum atomic E-state index is 14.7. The smallest absolute Gasteiger partial charge is 0.439 e. The van der Waals surface area contributed by atoms with Gasteiger partial charge < -0.3 is 30.5 Å². The van der Waals surface area contributed by atoms with E-state index in [1.165, 1.54) is 0 Å². The SMILES string of the molecule is Nc1nc(Cl)nc2c1ncn2[C@@H]1O[C@H](COC(C(=O)O)(C(=O)O)C(F)(F)F)[C@@H](O)[C@@H]1F. The molecule has 1 aliphatic heterocycles. The molecule has 5 N–H and O–H groups in total. The number of aliphatic carboxylic acids is 2. The fourth-order valence-electron chi connectivity index (χ4n) is 2.91. The number of alkyl halides is 4. The molecule has 3 heterocycles. The van der Waals surface area contributed by atoms with Crippen molar-refractivity contribution in [2.45, 2.75) is 36.4 Å². The van der Waals surface area contributed by atoms with Crippen LogP contribution in [0.15, 0.2) is 6.33 Å². The maximum absolute atomic E-state index is 14.7. The number of carbonyl (C=O) groups is 2. The highest BCUT2D eigenvalue weighted by Gasteiger charge is 2.69. The molecule has 1 aliphatic rings. The summed E-state index contributed by atoms with van der Waals surface area (Å²) in [5.41, 5.74) is 0.825. The predicted octanol–water partition coefficient (Wildman–Crippen LogP) is 0.145. The first-order chi connectivity index (χ1) is 14.3. The second-order valence-electron chi connectivity index (χ2n) is 6.30. The molecule has 0 radical (unpaired) electrons. The van der Waals surface area contributed by atoms with Crippen LogP contribution in [-0.2, 0) is 19.1 Å². The molecule has 1 fully saturated rings. The third-order valence-electron chi connectivity index (χ3n) is 4.45. The van der Waals surface area contributed by atoms with Crippen molar-refractivity contribution in [1.29, 1.82) is 0 Å². The minimum absolute atomic E-state index is 0.0118. The number of halogens is 5. The van der Waals surface area contributed by atoms with Crippen molar-refractivity contribution in [3.8, 4) is 0 Å². The Balaban J connectivity index is 1.88. The van der Waals surface area contributed by atoms with Gasteiger partial charge in [-0.05, 0) is 11.6 Å². The Morgan fingerprint density at radius 1 is 1.29 bits per heavy atom. The number of carboxylic acid groups (broad SMARTS) is 2. The van der Waals surface area contributed by atoms with Crippen LogP contribution in [0, 0.1) is 0 Å². The molecular formula is C14H12ClF4N5O7. The summed E-state index contributed by atoms with van der Waals surface area (Å²) in [6.45, 7) is -1.43. The van der Waals surface area contributed by atoms with E-state index in [9.17, 15) is 32.3 Å². The second-order valence-corrected chi connectivity index (χ2v) is 6.64. The molecule has 2 aromatic rings. The van der Waals surface area contributed by atoms with Gasteiger partial charge in [-0.25, -0.2) is 19.0 Å². The van der Waals surface area contributed by atoms with Crippen LogP contribution >= 0.6 is 11.6 Å². The summed E-state index contributed by atoms with van der Waals surface area (Å²) in [7, 11) is 0. The van der Waals surface area contributed by atoms with Crippen molar-refractivity contribution in [3.05, 3.63) is 11.6 Å². The van der Waals surface area contributed by atoms with Gasteiger partial charge in [0.2, 0.25) is 5.28 Å². The minimum atomic E-state index is -5.88. The van der Waals surface area contributed by atoms with E-state index in [0.29, 0.717) is 0 Å². The van der Waals surface area contributed by atoms with Crippen molar-refractivity contribution in [1.82, 2.24) is 19.5 Å². The van der Waals surface area contributed by atoms with Crippen LogP contribution in [0.1, 0.15) is 6.23 Å². The molecule has 0 amide bonds. The first-order valence-electron chi connectivity index (χ1n) is 8.12. The van der Waals surface area contributed by atoms with E-state index in [1.807, 2.05) is 0 Å². The number of nitrogen functional groups attached to an aromatic ring is 1. The summed E-state index contributed by atoms with van der Waals surface area (Å²) in [5.74, 6) is -5.90. The van der Waals surface area contributed by atoms with Crippen molar-refractivity contribution in [3.63, 3.8) is 0 Å². The molecular weight excluding hydrogens is 462 g/mol. The molecule has 0 saturated carbocycles. The van der Waals surface area contributed by atoms with Gasteiger partial charge in [-0.3, -0.25) is 4.57 Å². The fraction of sp³-hybridized carbons (Fsp3) is 0.500. The Labute approximate surface area is 173 Å². The zero-order chi connectivity index (χ0) is 23.3. The lowest BCUT2D eigenvalue weighted by molar-refractivity contribution is -0.278. The highest BCUT2D eigenvalue weighted by molar-refractivity contribution is 6.28. The molecule has 31 heavy (non-hydrogen) atoms. The van der Waals surface area contributed by atoms with Crippen LogP contribution in [0.3, 0.4) is 0 Å². The van der Waals surface area contributed by atoms with Gasteiger partial charge in [-0.15, -0.1) is 0 Å². The van der Waals surface area contributed by atoms with Crippen molar-refractivity contribution < 1.29 is 51.9 Å². The largest absolute Gasteiger partial charge is 0.478 e. The standard InChI is InChI=1S/C14H12ClF4N5O7/c15-12-22-7(20)5-8(23-12)24(2-21-5)9-4(16)6(25)3(31-9)1-30-13(10(26)27,11(28)29)14(17,18)19/h2-4,6,9,25H,1H2,(H,26,27)(H,28,29)(H2,20,22,23)/t3-,4+,6-,9-/m1/s1. The maximum Gasteiger partial charge on any atom is 0.439 e. The quantitative estimate of drug-likeness (QED) is 0.254. The summed E-state index contributed by atoms with van der Waals surface area (Å²) in [6.07, 6.45) is -12.9. The van der Waals surface area contributed by atoms with Gasteiger partial charge in [-0.2, -0.15) is 23.1 Å². The van der Waals surface area contributed by atoms with E-state index in [0.717, 1.165) is 10.9 Å². The van der Waals surface area contributed by atoms with Crippen LogP contribution < -0.4 is 5.73 Å². The molecule has 170 valence electrons. The highest BCUT2D eigenvalue weighted by atomic mass is 35.5. The van der Waals surface area contributed by atoms with Crippen molar-refractivity contribution in [2.75, 3.05) is 12.3 Å². The van der Waals surface area contributed by atoms with E-state index < -0.39 is 54.9 Å². The zero-order valence-electron chi connectivity index (χ0n) is 14.8. The number of aromatic nitrogens is 4. The zero-order valence-corrected chi connectivity index (χ0v) is 15.6. The van der Waals surface area contributed by atoms with E-state index in [2.05, 4.69) is 19.7 Å². The summed E-state index contributed by atoms with van der Waals surface area (Å²) >= 11 is 5.69.